The molecule has 6 nitrogen and oxygen atoms in total. The monoisotopic (exact) mass is 300 g/mol. The number of amides is 1. The standard InChI is InChI=1S/C15H28N2O4/c1-6-7-11(2)16-15(8-12(18)19)9-17(10-15)13(20)21-14(3,4)5/h11,16H,6-10H2,1-5H3,(H,18,19). The zero-order chi connectivity index (χ0) is 16.3. The van der Waals surface area contributed by atoms with Crippen LogP contribution < -0.4 is 5.32 Å². The summed E-state index contributed by atoms with van der Waals surface area (Å²) in [6.07, 6.45) is 1.65. The van der Waals surface area contributed by atoms with Crippen LogP contribution in [-0.2, 0) is 9.53 Å². The molecule has 2 N–H and O–H groups in total. The lowest BCUT2D eigenvalue weighted by Crippen LogP contribution is -2.72. The van der Waals surface area contributed by atoms with Gasteiger partial charge < -0.3 is 20.1 Å². The van der Waals surface area contributed by atoms with E-state index in [9.17, 15) is 9.59 Å². The van der Waals surface area contributed by atoms with E-state index in [1.54, 1.807) is 4.90 Å². The van der Waals surface area contributed by atoms with Gasteiger partial charge in [0.05, 0.1) is 12.0 Å². The molecular formula is C15H28N2O4. The minimum atomic E-state index is -0.852. The number of carboxylic acid groups (broad SMARTS) is 1. The first-order chi connectivity index (χ1) is 9.57. The van der Waals surface area contributed by atoms with Gasteiger partial charge in [0.2, 0.25) is 0 Å². The van der Waals surface area contributed by atoms with Crippen LogP contribution in [0.25, 0.3) is 0 Å². The van der Waals surface area contributed by atoms with Crippen molar-refractivity contribution in [2.45, 2.75) is 71.1 Å². The number of nitrogens with zero attached hydrogens (tertiary/aromatic N) is 1. The molecule has 0 radical (unpaired) electrons. The van der Waals surface area contributed by atoms with Crippen LogP contribution in [-0.4, -0.2) is 52.3 Å². The lowest BCUT2D eigenvalue weighted by atomic mass is 9.85. The Morgan fingerprint density at radius 1 is 1.38 bits per heavy atom. The molecule has 1 amide bonds. The van der Waals surface area contributed by atoms with Gasteiger partial charge in [0.25, 0.3) is 0 Å². The first kappa shape index (κ1) is 17.8. The van der Waals surface area contributed by atoms with Gasteiger partial charge in [-0.25, -0.2) is 4.79 Å². The lowest BCUT2D eigenvalue weighted by Gasteiger charge is -2.51. The van der Waals surface area contributed by atoms with E-state index in [4.69, 9.17) is 9.84 Å². The normalized spacial score (nSPS) is 18.8. The molecule has 0 saturated carbocycles. The largest absolute Gasteiger partial charge is 0.481 e. The zero-order valence-electron chi connectivity index (χ0n) is 13.7. The van der Waals surface area contributed by atoms with Crippen molar-refractivity contribution in [3.05, 3.63) is 0 Å². The van der Waals surface area contributed by atoms with Crippen molar-refractivity contribution in [2.24, 2.45) is 0 Å². The van der Waals surface area contributed by atoms with E-state index < -0.39 is 17.1 Å². The maximum atomic E-state index is 12.0. The topological polar surface area (TPSA) is 78.9 Å². The van der Waals surface area contributed by atoms with Crippen LogP contribution in [0.3, 0.4) is 0 Å². The number of carboxylic acids is 1. The molecule has 122 valence electrons. The summed E-state index contributed by atoms with van der Waals surface area (Å²) in [5.74, 6) is -0.852. The van der Waals surface area contributed by atoms with Crippen LogP contribution in [0.5, 0.6) is 0 Å². The molecule has 0 aromatic rings. The van der Waals surface area contributed by atoms with E-state index in [0.29, 0.717) is 13.1 Å². The molecule has 1 fully saturated rings. The Morgan fingerprint density at radius 3 is 2.38 bits per heavy atom. The summed E-state index contributed by atoms with van der Waals surface area (Å²) in [6, 6.07) is 0.232. The highest BCUT2D eigenvalue weighted by Crippen LogP contribution is 2.27. The molecule has 0 bridgehead atoms. The Morgan fingerprint density at radius 2 is 1.95 bits per heavy atom. The van der Waals surface area contributed by atoms with Gasteiger partial charge in [-0.2, -0.15) is 0 Å². The summed E-state index contributed by atoms with van der Waals surface area (Å²) >= 11 is 0. The first-order valence-corrected chi connectivity index (χ1v) is 7.54. The Bertz CT molecular complexity index is 384. The van der Waals surface area contributed by atoms with Crippen molar-refractivity contribution in [3.63, 3.8) is 0 Å². The fourth-order valence-corrected chi connectivity index (χ4v) is 2.71. The molecule has 1 rings (SSSR count). The number of hydrogen-bond acceptors (Lipinski definition) is 4. The summed E-state index contributed by atoms with van der Waals surface area (Å²) in [7, 11) is 0. The number of hydrogen-bond donors (Lipinski definition) is 2. The van der Waals surface area contributed by atoms with Crippen LogP contribution in [0.4, 0.5) is 4.79 Å². The number of ether oxygens (including phenoxy) is 1. The SMILES string of the molecule is CCCC(C)NC1(CC(=O)O)CN(C(=O)OC(C)(C)C)C1. The average Bonchev–Trinajstić information content (AvgIpc) is 2.21. The molecule has 0 aromatic heterocycles. The van der Waals surface area contributed by atoms with Gasteiger partial charge >= 0.3 is 12.1 Å². The van der Waals surface area contributed by atoms with E-state index in [1.165, 1.54) is 0 Å². The van der Waals surface area contributed by atoms with E-state index in [-0.39, 0.29) is 18.6 Å². The Kier molecular flexibility index (Phi) is 5.61. The minimum absolute atomic E-state index is 0.0142. The molecule has 21 heavy (non-hydrogen) atoms. The summed E-state index contributed by atoms with van der Waals surface area (Å²) < 4.78 is 5.30. The molecule has 1 unspecified atom stereocenters. The van der Waals surface area contributed by atoms with Crippen molar-refractivity contribution < 1.29 is 19.4 Å². The third-order valence-electron chi connectivity index (χ3n) is 3.40. The van der Waals surface area contributed by atoms with Gasteiger partial charge in [-0.15, -0.1) is 0 Å². The molecule has 0 spiro atoms. The van der Waals surface area contributed by atoms with Gasteiger partial charge in [0, 0.05) is 19.1 Å². The summed E-state index contributed by atoms with van der Waals surface area (Å²) in [4.78, 5) is 24.6. The number of rotatable bonds is 6. The fraction of sp³-hybridized carbons (Fsp3) is 0.867. The van der Waals surface area contributed by atoms with Crippen LogP contribution in [0.15, 0.2) is 0 Å². The fourth-order valence-electron chi connectivity index (χ4n) is 2.71. The van der Waals surface area contributed by atoms with Crippen molar-refractivity contribution in [3.8, 4) is 0 Å². The van der Waals surface area contributed by atoms with Crippen LogP contribution >= 0.6 is 0 Å². The van der Waals surface area contributed by atoms with E-state index >= 15 is 0 Å². The molecule has 6 heteroatoms. The molecular weight excluding hydrogens is 272 g/mol. The quantitative estimate of drug-likeness (QED) is 0.786. The van der Waals surface area contributed by atoms with Crippen LogP contribution in [0, 0.1) is 0 Å². The molecule has 1 atom stereocenters. The minimum Gasteiger partial charge on any atom is -0.481 e. The van der Waals surface area contributed by atoms with Gasteiger partial charge in [-0.1, -0.05) is 13.3 Å². The number of aliphatic carboxylic acids is 1. The highest BCUT2D eigenvalue weighted by Gasteiger charge is 2.48. The van der Waals surface area contributed by atoms with Crippen LogP contribution in [0.1, 0.15) is 53.9 Å². The van der Waals surface area contributed by atoms with Gasteiger partial charge in [0.15, 0.2) is 0 Å². The molecule has 0 aromatic carbocycles. The lowest BCUT2D eigenvalue weighted by molar-refractivity contribution is -0.141. The highest BCUT2D eigenvalue weighted by molar-refractivity contribution is 5.73. The van der Waals surface area contributed by atoms with E-state index in [0.717, 1.165) is 12.8 Å². The van der Waals surface area contributed by atoms with Crippen LogP contribution in [0.2, 0.25) is 0 Å². The third-order valence-corrected chi connectivity index (χ3v) is 3.40. The molecule has 1 saturated heterocycles. The average molecular weight is 300 g/mol. The molecule has 1 aliphatic heterocycles. The highest BCUT2D eigenvalue weighted by atomic mass is 16.6. The molecule has 1 heterocycles. The Labute approximate surface area is 126 Å². The predicted molar refractivity (Wildman–Crippen MR) is 80.3 cm³/mol. The maximum Gasteiger partial charge on any atom is 0.410 e. The summed E-state index contributed by atoms with van der Waals surface area (Å²) in [5.41, 5.74) is -1.07. The van der Waals surface area contributed by atoms with E-state index in [2.05, 4.69) is 12.2 Å². The predicted octanol–water partition coefficient (Wildman–Crippen LogP) is 2.23. The maximum absolute atomic E-state index is 12.0. The second-order valence-corrected chi connectivity index (χ2v) is 7.02. The van der Waals surface area contributed by atoms with Gasteiger partial charge in [-0.3, -0.25) is 4.79 Å². The van der Waals surface area contributed by atoms with E-state index in [1.807, 2.05) is 27.7 Å². The number of nitrogens with one attached hydrogen (secondary N) is 1. The third kappa shape index (κ3) is 5.53. The number of carbonyl (C=O) groups is 2. The smallest absolute Gasteiger partial charge is 0.410 e. The van der Waals surface area contributed by atoms with Crippen molar-refractivity contribution >= 4 is 12.1 Å². The number of carbonyl (C=O) groups excluding carboxylic acids is 1. The zero-order valence-corrected chi connectivity index (χ0v) is 13.7. The molecule has 0 aliphatic carbocycles. The summed E-state index contributed by atoms with van der Waals surface area (Å²) in [5, 5.41) is 12.5. The van der Waals surface area contributed by atoms with Crippen molar-refractivity contribution in [1.82, 2.24) is 10.2 Å². The van der Waals surface area contributed by atoms with Gasteiger partial charge in [-0.05, 0) is 34.1 Å². The van der Waals surface area contributed by atoms with Crippen molar-refractivity contribution in [1.29, 1.82) is 0 Å². The molecule has 1 aliphatic rings. The Hall–Kier alpha value is -1.30. The first-order valence-electron chi connectivity index (χ1n) is 7.54. The number of likely N-dealkylation sites (tertiary alicyclic amines) is 1. The summed E-state index contributed by atoms with van der Waals surface area (Å²) in [6.45, 7) is 10.3. The Balaban J connectivity index is 2.61. The van der Waals surface area contributed by atoms with Gasteiger partial charge in [0.1, 0.15) is 5.60 Å². The second-order valence-electron chi connectivity index (χ2n) is 7.02. The second kappa shape index (κ2) is 6.64. The van der Waals surface area contributed by atoms with Crippen molar-refractivity contribution in [2.75, 3.05) is 13.1 Å².